The Morgan fingerprint density at radius 3 is 2.24 bits per heavy atom. The van der Waals surface area contributed by atoms with Crippen LogP contribution in [0, 0.1) is 6.92 Å². The van der Waals surface area contributed by atoms with E-state index in [1.54, 1.807) is 0 Å². The third kappa shape index (κ3) is 3.17. The maximum absolute atomic E-state index is 2.26. The zero-order valence-electron chi connectivity index (χ0n) is 12.6. The Morgan fingerprint density at radius 2 is 1.52 bits per heavy atom. The number of aryl methyl sites for hydroxylation is 1. The monoisotopic (exact) mass is 293 g/mol. The Labute approximate surface area is 130 Å². The second-order valence-corrected chi connectivity index (χ2v) is 6.76. The molecule has 2 heteroatoms. The molecule has 3 rings (SSSR count). The third-order valence-corrected chi connectivity index (χ3v) is 4.56. The van der Waals surface area contributed by atoms with Gasteiger partial charge in [-0.3, -0.25) is 0 Å². The topological polar surface area (TPSA) is 3.24 Å². The van der Waals surface area contributed by atoms with E-state index < -0.39 is 0 Å². The Hall–Kier alpha value is -2.06. The van der Waals surface area contributed by atoms with Crippen LogP contribution in [0.4, 0.5) is 5.69 Å². The number of hydrogen-bond donors (Lipinski definition) is 0. The van der Waals surface area contributed by atoms with Gasteiger partial charge in [-0.15, -0.1) is 11.3 Å². The number of anilines is 1. The predicted octanol–water partition coefficient (Wildman–Crippen LogP) is 5.45. The zero-order valence-corrected chi connectivity index (χ0v) is 13.4. The van der Waals surface area contributed by atoms with Gasteiger partial charge in [0.15, 0.2) is 0 Å². The highest BCUT2D eigenvalue weighted by molar-refractivity contribution is 7.19. The molecule has 2 aromatic carbocycles. The van der Waals surface area contributed by atoms with Gasteiger partial charge in [0.25, 0.3) is 0 Å². The van der Waals surface area contributed by atoms with Crippen LogP contribution >= 0.6 is 11.3 Å². The highest BCUT2D eigenvalue weighted by Gasteiger charge is 1.98. The summed E-state index contributed by atoms with van der Waals surface area (Å²) in [7, 11) is 4.12. The number of hydrogen-bond acceptors (Lipinski definition) is 2. The van der Waals surface area contributed by atoms with Gasteiger partial charge in [-0.2, -0.15) is 0 Å². The standard InChI is InChI=1S/C19H19NS/c1-14-12-17-9-6-16(13-19(17)21-14)5-4-15-7-10-18(11-8-15)20(2)3/h4-13H,1-3H3. The summed E-state index contributed by atoms with van der Waals surface area (Å²) in [6.07, 6.45) is 4.35. The van der Waals surface area contributed by atoms with Crippen molar-refractivity contribution in [3.05, 3.63) is 64.5 Å². The van der Waals surface area contributed by atoms with Crippen LogP contribution in [0.3, 0.4) is 0 Å². The van der Waals surface area contributed by atoms with Crippen molar-refractivity contribution in [3.63, 3.8) is 0 Å². The largest absolute Gasteiger partial charge is 0.378 e. The number of benzene rings is 2. The van der Waals surface area contributed by atoms with Gasteiger partial charge in [0.2, 0.25) is 0 Å². The van der Waals surface area contributed by atoms with Gasteiger partial charge in [-0.05, 0) is 47.7 Å². The van der Waals surface area contributed by atoms with Crippen molar-refractivity contribution in [2.24, 2.45) is 0 Å². The first-order valence-corrected chi connectivity index (χ1v) is 7.89. The van der Waals surface area contributed by atoms with E-state index in [1.807, 2.05) is 11.3 Å². The fourth-order valence-corrected chi connectivity index (χ4v) is 3.33. The fourth-order valence-electron chi connectivity index (χ4n) is 2.36. The molecular weight excluding hydrogens is 274 g/mol. The highest BCUT2D eigenvalue weighted by atomic mass is 32.1. The second-order valence-electron chi connectivity index (χ2n) is 5.47. The molecule has 3 aromatic rings. The van der Waals surface area contributed by atoms with Crippen molar-refractivity contribution in [2.45, 2.75) is 6.92 Å². The van der Waals surface area contributed by atoms with Gasteiger partial charge < -0.3 is 4.90 Å². The first-order valence-electron chi connectivity index (χ1n) is 7.07. The van der Waals surface area contributed by atoms with E-state index >= 15 is 0 Å². The molecule has 0 atom stereocenters. The van der Waals surface area contributed by atoms with Crippen molar-refractivity contribution >= 4 is 39.3 Å². The van der Waals surface area contributed by atoms with E-state index in [0.717, 1.165) is 0 Å². The van der Waals surface area contributed by atoms with Gasteiger partial charge in [0.05, 0.1) is 0 Å². The lowest BCUT2D eigenvalue weighted by Crippen LogP contribution is -2.07. The summed E-state index contributed by atoms with van der Waals surface area (Å²) < 4.78 is 1.36. The van der Waals surface area contributed by atoms with E-state index in [2.05, 4.69) is 86.6 Å². The molecule has 106 valence electrons. The first kappa shape index (κ1) is 13.9. The van der Waals surface area contributed by atoms with Crippen molar-refractivity contribution < 1.29 is 0 Å². The molecule has 0 spiro atoms. The summed E-state index contributed by atoms with van der Waals surface area (Å²) in [5.74, 6) is 0. The summed E-state index contributed by atoms with van der Waals surface area (Å²) in [6, 6.07) is 17.5. The van der Waals surface area contributed by atoms with Crippen LogP contribution in [0.2, 0.25) is 0 Å². The molecule has 0 N–H and O–H groups in total. The van der Waals surface area contributed by atoms with Crippen LogP contribution in [0.15, 0.2) is 48.5 Å². The molecule has 1 nitrogen and oxygen atoms in total. The van der Waals surface area contributed by atoms with Crippen LogP contribution in [0.1, 0.15) is 16.0 Å². The van der Waals surface area contributed by atoms with Crippen molar-refractivity contribution in [1.29, 1.82) is 0 Å². The minimum atomic E-state index is 1.22. The minimum Gasteiger partial charge on any atom is -0.378 e. The average Bonchev–Trinajstić information content (AvgIpc) is 2.84. The van der Waals surface area contributed by atoms with Crippen molar-refractivity contribution in [2.75, 3.05) is 19.0 Å². The molecule has 1 aromatic heterocycles. The van der Waals surface area contributed by atoms with Gasteiger partial charge >= 0.3 is 0 Å². The van der Waals surface area contributed by atoms with E-state index in [1.165, 1.54) is 31.8 Å². The first-order chi connectivity index (χ1) is 10.1. The van der Waals surface area contributed by atoms with Gasteiger partial charge in [-0.1, -0.05) is 36.4 Å². The molecular formula is C19H19NS. The molecule has 0 amide bonds. The summed E-state index contributed by atoms with van der Waals surface area (Å²) in [5.41, 5.74) is 3.70. The van der Waals surface area contributed by atoms with Gasteiger partial charge in [0.1, 0.15) is 0 Å². The normalized spacial score (nSPS) is 11.4. The Morgan fingerprint density at radius 1 is 0.857 bits per heavy atom. The maximum atomic E-state index is 2.26. The van der Waals surface area contributed by atoms with Gasteiger partial charge in [-0.25, -0.2) is 0 Å². The molecule has 0 aliphatic rings. The SMILES string of the molecule is Cc1cc2ccc(C=Cc3ccc(N(C)C)cc3)cc2s1. The molecule has 0 unspecified atom stereocenters. The van der Waals surface area contributed by atoms with Crippen molar-refractivity contribution in [1.82, 2.24) is 0 Å². The smallest absolute Gasteiger partial charge is 0.0361 e. The number of fused-ring (bicyclic) bond motifs is 1. The average molecular weight is 293 g/mol. The van der Waals surface area contributed by atoms with E-state index in [9.17, 15) is 0 Å². The molecule has 0 bridgehead atoms. The quantitative estimate of drug-likeness (QED) is 0.581. The van der Waals surface area contributed by atoms with Crippen LogP contribution < -0.4 is 4.90 Å². The Balaban J connectivity index is 1.83. The minimum absolute atomic E-state index is 1.22. The van der Waals surface area contributed by atoms with Crippen LogP contribution in [-0.2, 0) is 0 Å². The molecule has 0 saturated carbocycles. The van der Waals surface area contributed by atoms with Crippen LogP contribution in [-0.4, -0.2) is 14.1 Å². The van der Waals surface area contributed by atoms with E-state index in [0.29, 0.717) is 0 Å². The third-order valence-electron chi connectivity index (χ3n) is 3.55. The Kier molecular flexibility index (Phi) is 3.80. The van der Waals surface area contributed by atoms with E-state index in [4.69, 9.17) is 0 Å². The number of thiophene rings is 1. The van der Waals surface area contributed by atoms with Crippen molar-refractivity contribution in [3.8, 4) is 0 Å². The number of rotatable bonds is 3. The highest BCUT2D eigenvalue weighted by Crippen LogP contribution is 2.26. The lowest BCUT2D eigenvalue weighted by molar-refractivity contribution is 1.13. The summed E-state index contributed by atoms with van der Waals surface area (Å²) >= 11 is 1.85. The molecule has 0 saturated heterocycles. The summed E-state index contributed by atoms with van der Waals surface area (Å²) in [4.78, 5) is 3.48. The molecule has 0 aliphatic carbocycles. The molecule has 21 heavy (non-hydrogen) atoms. The summed E-state index contributed by atoms with van der Waals surface area (Å²) in [5, 5.41) is 1.34. The second kappa shape index (κ2) is 5.74. The maximum Gasteiger partial charge on any atom is 0.0361 e. The Bertz CT molecular complexity index is 779. The van der Waals surface area contributed by atoms with Gasteiger partial charge in [0, 0.05) is 29.4 Å². The zero-order chi connectivity index (χ0) is 14.8. The molecule has 0 radical (unpaired) electrons. The fraction of sp³-hybridized carbons (Fsp3) is 0.158. The molecule has 0 fully saturated rings. The number of nitrogens with zero attached hydrogens (tertiary/aromatic N) is 1. The lowest BCUT2D eigenvalue weighted by atomic mass is 10.1. The van der Waals surface area contributed by atoms with Crippen LogP contribution in [0.25, 0.3) is 22.2 Å². The summed E-state index contributed by atoms with van der Waals surface area (Å²) in [6.45, 7) is 2.16. The van der Waals surface area contributed by atoms with Crippen LogP contribution in [0.5, 0.6) is 0 Å². The lowest BCUT2D eigenvalue weighted by Gasteiger charge is -2.11. The molecule has 1 heterocycles. The predicted molar refractivity (Wildman–Crippen MR) is 96.3 cm³/mol. The van der Waals surface area contributed by atoms with E-state index in [-0.39, 0.29) is 0 Å². The molecule has 0 aliphatic heterocycles.